The van der Waals surface area contributed by atoms with E-state index in [9.17, 15) is 15.0 Å². The number of pyridine rings is 1. The highest BCUT2D eigenvalue weighted by Crippen LogP contribution is 2.34. The van der Waals surface area contributed by atoms with Crippen molar-refractivity contribution in [3.05, 3.63) is 30.5 Å². The van der Waals surface area contributed by atoms with Gasteiger partial charge in [0.1, 0.15) is 11.6 Å². The average Bonchev–Trinajstić information content (AvgIpc) is 2.80. The second-order valence-electron chi connectivity index (χ2n) is 5.21. The van der Waals surface area contributed by atoms with Crippen molar-refractivity contribution in [3.8, 4) is 5.75 Å². The van der Waals surface area contributed by atoms with Crippen LogP contribution >= 0.6 is 0 Å². The van der Waals surface area contributed by atoms with Gasteiger partial charge in [0.15, 0.2) is 0 Å². The molecule has 2 heterocycles. The molecule has 1 aromatic carbocycles. The highest BCUT2D eigenvalue weighted by atomic mass is 16.4. The van der Waals surface area contributed by atoms with E-state index in [0.717, 1.165) is 16.6 Å². The molecule has 1 aliphatic heterocycles. The lowest BCUT2D eigenvalue weighted by molar-refractivity contribution is -0.141. The van der Waals surface area contributed by atoms with Gasteiger partial charge in [-0.3, -0.25) is 4.79 Å². The van der Waals surface area contributed by atoms with E-state index in [0.29, 0.717) is 13.0 Å². The van der Waals surface area contributed by atoms with Crippen molar-refractivity contribution in [2.45, 2.75) is 19.4 Å². The maximum absolute atomic E-state index is 11.2. The number of phenols is 1. The van der Waals surface area contributed by atoms with E-state index in [1.165, 1.54) is 0 Å². The summed E-state index contributed by atoms with van der Waals surface area (Å²) >= 11 is 0. The van der Waals surface area contributed by atoms with Crippen LogP contribution in [0, 0.1) is 5.92 Å². The quantitative estimate of drug-likeness (QED) is 0.877. The largest absolute Gasteiger partial charge is 0.508 e. The number of rotatable bonds is 2. The first kappa shape index (κ1) is 12.7. The number of aliphatic carboxylic acids is 1. The molecule has 0 amide bonds. The van der Waals surface area contributed by atoms with Crippen molar-refractivity contribution >= 4 is 22.6 Å². The highest BCUT2D eigenvalue weighted by Gasteiger charge is 2.36. The Kier molecular flexibility index (Phi) is 2.97. The first-order chi connectivity index (χ1) is 9.58. The summed E-state index contributed by atoms with van der Waals surface area (Å²) in [7, 11) is 0. The predicted octanol–water partition coefficient (Wildman–Crippen LogP) is 2.24. The SMILES string of the molecule is CC1C(C(=O)O)CCN1c1nccc2ccc(O)cc12. The molecule has 104 valence electrons. The minimum Gasteiger partial charge on any atom is -0.508 e. The van der Waals surface area contributed by atoms with Crippen molar-refractivity contribution in [3.63, 3.8) is 0 Å². The molecule has 1 fully saturated rings. The molecule has 2 N–H and O–H groups in total. The average molecular weight is 272 g/mol. The van der Waals surface area contributed by atoms with Crippen LogP contribution in [0.5, 0.6) is 5.75 Å². The van der Waals surface area contributed by atoms with Crippen LogP contribution in [0.4, 0.5) is 5.82 Å². The number of carboxylic acid groups (broad SMARTS) is 1. The number of phenolic OH excluding ortho intramolecular Hbond substituents is 1. The zero-order valence-corrected chi connectivity index (χ0v) is 11.2. The van der Waals surface area contributed by atoms with Crippen LogP contribution in [-0.4, -0.2) is 33.8 Å². The van der Waals surface area contributed by atoms with Crippen LogP contribution in [0.3, 0.4) is 0 Å². The van der Waals surface area contributed by atoms with Crippen LogP contribution < -0.4 is 4.90 Å². The molecule has 0 radical (unpaired) electrons. The number of benzene rings is 1. The summed E-state index contributed by atoms with van der Waals surface area (Å²) in [4.78, 5) is 17.6. The van der Waals surface area contributed by atoms with Gasteiger partial charge in [-0.1, -0.05) is 6.07 Å². The van der Waals surface area contributed by atoms with E-state index < -0.39 is 5.97 Å². The summed E-state index contributed by atoms with van der Waals surface area (Å²) in [6.45, 7) is 2.58. The normalized spacial score (nSPS) is 22.4. The van der Waals surface area contributed by atoms with Gasteiger partial charge in [-0.05, 0) is 36.9 Å². The number of nitrogens with zero attached hydrogens (tertiary/aromatic N) is 2. The summed E-state index contributed by atoms with van der Waals surface area (Å²) in [6, 6.07) is 6.93. The molecule has 1 saturated heterocycles. The summed E-state index contributed by atoms with van der Waals surface area (Å²) in [5.41, 5.74) is 0. The van der Waals surface area contributed by atoms with Crippen LogP contribution in [0.15, 0.2) is 30.5 Å². The zero-order valence-electron chi connectivity index (χ0n) is 11.2. The lowest BCUT2D eigenvalue weighted by atomic mass is 10.0. The highest BCUT2D eigenvalue weighted by molar-refractivity contribution is 5.93. The van der Waals surface area contributed by atoms with E-state index in [4.69, 9.17) is 0 Å². The third-order valence-corrected chi connectivity index (χ3v) is 4.07. The van der Waals surface area contributed by atoms with Gasteiger partial charge in [-0.2, -0.15) is 0 Å². The third kappa shape index (κ3) is 1.95. The van der Waals surface area contributed by atoms with Gasteiger partial charge in [0.2, 0.25) is 0 Å². The van der Waals surface area contributed by atoms with Crippen molar-refractivity contribution in [2.75, 3.05) is 11.4 Å². The monoisotopic (exact) mass is 272 g/mol. The Balaban J connectivity index is 2.07. The van der Waals surface area contributed by atoms with Gasteiger partial charge in [-0.15, -0.1) is 0 Å². The van der Waals surface area contributed by atoms with Gasteiger partial charge in [0.05, 0.1) is 5.92 Å². The molecule has 1 aliphatic rings. The summed E-state index contributed by atoms with van der Waals surface area (Å²) in [5, 5.41) is 20.7. The predicted molar refractivity (Wildman–Crippen MR) is 76.0 cm³/mol. The van der Waals surface area contributed by atoms with E-state index in [1.807, 2.05) is 24.0 Å². The maximum Gasteiger partial charge on any atom is 0.308 e. The Bertz CT molecular complexity index is 671. The fourth-order valence-corrected chi connectivity index (χ4v) is 2.94. The number of carboxylic acids is 1. The summed E-state index contributed by atoms with van der Waals surface area (Å²) < 4.78 is 0. The van der Waals surface area contributed by atoms with Gasteiger partial charge in [-0.25, -0.2) is 4.98 Å². The van der Waals surface area contributed by atoms with Gasteiger partial charge >= 0.3 is 5.97 Å². The van der Waals surface area contributed by atoms with Crippen molar-refractivity contribution in [2.24, 2.45) is 5.92 Å². The standard InChI is InChI=1S/C15H16N2O3/c1-9-12(15(19)20)5-7-17(9)14-13-8-11(18)3-2-10(13)4-6-16-14/h2-4,6,8-9,12,18H,5,7H2,1H3,(H,19,20). The second-order valence-corrected chi connectivity index (χ2v) is 5.21. The Labute approximate surface area is 116 Å². The Morgan fingerprint density at radius 1 is 1.40 bits per heavy atom. The smallest absolute Gasteiger partial charge is 0.308 e. The molecule has 0 saturated carbocycles. The van der Waals surface area contributed by atoms with Crippen LogP contribution in [0.1, 0.15) is 13.3 Å². The molecule has 0 bridgehead atoms. The Hall–Kier alpha value is -2.30. The number of aromatic nitrogens is 1. The minimum atomic E-state index is -0.761. The number of hydrogen-bond acceptors (Lipinski definition) is 4. The molecule has 2 unspecified atom stereocenters. The lowest BCUT2D eigenvalue weighted by Crippen LogP contribution is -2.33. The molecular weight excluding hydrogens is 256 g/mol. The number of hydrogen-bond donors (Lipinski definition) is 2. The Morgan fingerprint density at radius 2 is 2.20 bits per heavy atom. The molecule has 20 heavy (non-hydrogen) atoms. The van der Waals surface area contributed by atoms with E-state index in [1.54, 1.807) is 18.3 Å². The second kappa shape index (κ2) is 4.67. The van der Waals surface area contributed by atoms with Crippen molar-refractivity contribution < 1.29 is 15.0 Å². The van der Waals surface area contributed by atoms with Crippen LogP contribution in [-0.2, 0) is 4.79 Å². The number of fused-ring (bicyclic) bond motifs is 1. The van der Waals surface area contributed by atoms with E-state index in [2.05, 4.69) is 4.98 Å². The molecule has 2 atom stereocenters. The van der Waals surface area contributed by atoms with Crippen molar-refractivity contribution in [1.82, 2.24) is 4.98 Å². The molecule has 0 aliphatic carbocycles. The Morgan fingerprint density at radius 3 is 2.90 bits per heavy atom. The van der Waals surface area contributed by atoms with Crippen LogP contribution in [0.25, 0.3) is 10.8 Å². The molecule has 5 heteroatoms. The fraction of sp³-hybridized carbons (Fsp3) is 0.333. The molecular formula is C15H16N2O3. The first-order valence-electron chi connectivity index (χ1n) is 6.65. The fourth-order valence-electron chi connectivity index (χ4n) is 2.94. The van der Waals surface area contributed by atoms with Crippen LogP contribution in [0.2, 0.25) is 0 Å². The molecule has 5 nitrogen and oxygen atoms in total. The van der Waals surface area contributed by atoms with E-state index in [-0.39, 0.29) is 17.7 Å². The van der Waals surface area contributed by atoms with Gasteiger partial charge < -0.3 is 15.1 Å². The molecule has 2 aromatic rings. The molecule has 0 spiro atoms. The zero-order chi connectivity index (χ0) is 14.3. The molecule has 3 rings (SSSR count). The summed E-state index contributed by atoms with van der Waals surface area (Å²) in [5.74, 6) is -0.199. The first-order valence-corrected chi connectivity index (χ1v) is 6.65. The number of carbonyl (C=O) groups is 1. The third-order valence-electron chi connectivity index (χ3n) is 4.07. The van der Waals surface area contributed by atoms with E-state index >= 15 is 0 Å². The minimum absolute atomic E-state index is 0.104. The summed E-state index contributed by atoms with van der Waals surface area (Å²) in [6.07, 6.45) is 2.34. The van der Waals surface area contributed by atoms with Gasteiger partial charge in [0, 0.05) is 24.2 Å². The molecule has 1 aromatic heterocycles. The number of anilines is 1. The van der Waals surface area contributed by atoms with Gasteiger partial charge in [0.25, 0.3) is 0 Å². The topological polar surface area (TPSA) is 73.7 Å². The maximum atomic E-state index is 11.2. The van der Waals surface area contributed by atoms with Crippen molar-refractivity contribution in [1.29, 1.82) is 0 Å². The lowest BCUT2D eigenvalue weighted by Gasteiger charge is -2.25. The number of aromatic hydroxyl groups is 1.